The zero-order valence-electron chi connectivity index (χ0n) is 10.7. The van der Waals surface area contributed by atoms with Crippen molar-refractivity contribution < 1.29 is 4.42 Å². The van der Waals surface area contributed by atoms with Crippen LogP contribution >= 0.6 is 0 Å². The Balaban J connectivity index is 1.82. The molecule has 0 radical (unpaired) electrons. The summed E-state index contributed by atoms with van der Waals surface area (Å²) in [6.07, 6.45) is 0. The summed E-state index contributed by atoms with van der Waals surface area (Å²) < 4.78 is 8.22. The molecule has 2 nitrogen and oxygen atoms in total. The third-order valence-electron chi connectivity index (χ3n) is 3.59. The second-order valence-electron chi connectivity index (χ2n) is 4.96. The van der Waals surface area contributed by atoms with Gasteiger partial charge in [-0.25, -0.2) is 0 Å². The zero-order chi connectivity index (χ0) is 12.8. The fourth-order valence-corrected chi connectivity index (χ4v) is 2.47. The Kier molecular flexibility index (Phi) is 2.10. The lowest BCUT2D eigenvalue weighted by Gasteiger charge is -2.08. The molecule has 0 N–H and O–H groups in total. The molecule has 0 aliphatic heterocycles. The number of aromatic nitrogens is 1. The lowest BCUT2D eigenvalue weighted by Crippen LogP contribution is -2.04. The van der Waals surface area contributed by atoms with Crippen molar-refractivity contribution in [3.05, 3.63) is 48.2 Å². The maximum atomic E-state index is 5.95. The summed E-state index contributed by atoms with van der Waals surface area (Å²) in [6, 6.07) is 14.5. The third-order valence-corrected chi connectivity index (χ3v) is 3.59. The highest BCUT2D eigenvalue weighted by atomic mass is 16.3. The zero-order valence-corrected chi connectivity index (χ0v) is 10.7. The number of hydrogen-bond acceptors (Lipinski definition) is 1. The molecule has 0 atom stereocenters. The van der Waals surface area contributed by atoms with Crippen molar-refractivity contribution in [3.63, 3.8) is 0 Å². The van der Waals surface area contributed by atoms with Crippen molar-refractivity contribution in [1.82, 2.24) is 4.57 Å². The molecule has 1 aliphatic rings. The van der Waals surface area contributed by atoms with Crippen LogP contribution in [-0.2, 0) is 6.54 Å². The monoisotopic (exact) mass is 247 g/mol. The average Bonchev–Trinajstić information content (AvgIpc) is 3.01. The molecule has 2 heteroatoms. The molecule has 0 saturated carbocycles. The van der Waals surface area contributed by atoms with Crippen molar-refractivity contribution in [2.45, 2.75) is 13.5 Å². The number of fused-ring (bicyclic) bond motifs is 1. The molecule has 0 bridgehead atoms. The summed E-state index contributed by atoms with van der Waals surface area (Å²) >= 11 is 0. The molecule has 0 saturated heterocycles. The fourth-order valence-electron chi connectivity index (χ4n) is 2.47. The molecule has 1 aromatic carbocycles. The maximum absolute atomic E-state index is 5.95. The largest absolute Gasteiger partial charge is 0.455 e. The number of nitrogens with zero attached hydrogens (tertiary/aromatic N) is 1. The van der Waals surface area contributed by atoms with E-state index in [-0.39, 0.29) is 0 Å². The van der Waals surface area contributed by atoms with Gasteiger partial charge in [-0.15, -0.1) is 0 Å². The molecule has 3 aromatic rings. The van der Waals surface area contributed by atoms with Gasteiger partial charge >= 0.3 is 0 Å². The van der Waals surface area contributed by atoms with Gasteiger partial charge in [0, 0.05) is 17.6 Å². The van der Waals surface area contributed by atoms with E-state index in [4.69, 9.17) is 4.42 Å². The molecule has 19 heavy (non-hydrogen) atoms. The summed E-state index contributed by atoms with van der Waals surface area (Å²) in [5.74, 6) is 7.50. The molecule has 0 amide bonds. The molecule has 2 aromatic heterocycles. The van der Waals surface area contributed by atoms with E-state index in [9.17, 15) is 0 Å². The van der Waals surface area contributed by atoms with Crippen LogP contribution in [-0.4, -0.2) is 4.57 Å². The van der Waals surface area contributed by atoms with E-state index in [1.54, 1.807) is 0 Å². The van der Waals surface area contributed by atoms with Gasteiger partial charge in [-0.2, -0.15) is 0 Å². The molecular formula is C17H13NO. The minimum atomic E-state index is 0.370. The van der Waals surface area contributed by atoms with Crippen LogP contribution in [0.1, 0.15) is 5.69 Å². The minimum Gasteiger partial charge on any atom is -0.455 e. The van der Waals surface area contributed by atoms with Crippen LogP contribution in [0.15, 0.2) is 46.9 Å². The van der Waals surface area contributed by atoms with Crippen LogP contribution in [0.4, 0.5) is 0 Å². The summed E-state index contributed by atoms with van der Waals surface area (Å²) in [7, 11) is 0. The number of benzene rings is 1. The molecule has 92 valence electrons. The van der Waals surface area contributed by atoms with E-state index in [0.29, 0.717) is 5.92 Å². The van der Waals surface area contributed by atoms with Gasteiger partial charge in [0.2, 0.25) is 0 Å². The predicted octanol–water partition coefficient (Wildman–Crippen LogP) is 3.84. The van der Waals surface area contributed by atoms with Gasteiger partial charge in [0.25, 0.3) is 0 Å². The highest BCUT2D eigenvalue weighted by molar-refractivity contribution is 5.82. The van der Waals surface area contributed by atoms with E-state index in [1.165, 1.54) is 5.69 Å². The van der Waals surface area contributed by atoms with Crippen LogP contribution in [0.5, 0.6) is 0 Å². The van der Waals surface area contributed by atoms with Crippen LogP contribution < -0.4 is 0 Å². The standard InChI is InChI=1S/C17H13NO/c1-12-6-9-15(18(12)11-13-7-8-13)17-10-14-4-2-3-5-16(14)19-17/h2-6,9-10,13H,11H2,1H3. The number of para-hydroxylation sites is 1. The average molecular weight is 247 g/mol. The molecule has 4 rings (SSSR count). The van der Waals surface area contributed by atoms with Crippen molar-refractivity contribution >= 4 is 11.0 Å². The van der Waals surface area contributed by atoms with Crippen LogP contribution in [0.25, 0.3) is 22.4 Å². The van der Waals surface area contributed by atoms with Crippen molar-refractivity contribution in [2.75, 3.05) is 0 Å². The van der Waals surface area contributed by atoms with Gasteiger partial charge in [0.05, 0.1) is 11.6 Å². The first kappa shape index (κ1) is 10.5. The van der Waals surface area contributed by atoms with E-state index < -0.39 is 0 Å². The van der Waals surface area contributed by atoms with Crippen molar-refractivity contribution in [3.8, 4) is 23.3 Å². The highest BCUT2D eigenvalue weighted by Gasteiger charge is 2.17. The lowest BCUT2D eigenvalue weighted by atomic mass is 10.2. The van der Waals surface area contributed by atoms with E-state index >= 15 is 0 Å². The molecule has 1 aliphatic carbocycles. The molecule has 0 spiro atoms. The SMILES string of the molecule is Cc1ccc(-c2cc3ccccc3o2)n1CC1C#C1. The van der Waals surface area contributed by atoms with E-state index in [0.717, 1.165) is 29.0 Å². The van der Waals surface area contributed by atoms with Crippen molar-refractivity contribution in [1.29, 1.82) is 0 Å². The van der Waals surface area contributed by atoms with Gasteiger partial charge in [-0.1, -0.05) is 30.0 Å². The summed E-state index contributed by atoms with van der Waals surface area (Å²) in [6.45, 7) is 3.03. The second kappa shape index (κ2) is 3.80. The Labute approximate surface area is 111 Å². The minimum absolute atomic E-state index is 0.370. The Morgan fingerprint density at radius 1 is 1.16 bits per heavy atom. The first-order valence-corrected chi connectivity index (χ1v) is 6.47. The smallest absolute Gasteiger partial charge is 0.151 e. The normalized spacial score (nSPS) is 13.5. The topological polar surface area (TPSA) is 18.1 Å². The first-order valence-electron chi connectivity index (χ1n) is 6.47. The number of hydrogen-bond donors (Lipinski definition) is 0. The molecular weight excluding hydrogens is 234 g/mol. The lowest BCUT2D eigenvalue weighted by molar-refractivity contribution is 0.604. The molecule has 0 unspecified atom stereocenters. The van der Waals surface area contributed by atoms with Gasteiger partial charge < -0.3 is 8.98 Å². The Bertz CT molecular complexity index is 785. The summed E-state index contributed by atoms with van der Waals surface area (Å²) in [5, 5.41) is 1.14. The van der Waals surface area contributed by atoms with Crippen LogP contribution in [0, 0.1) is 24.7 Å². The summed E-state index contributed by atoms with van der Waals surface area (Å²) in [5.41, 5.74) is 3.31. The van der Waals surface area contributed by atoms with Crippen LogP contribution in [0.2, 0.25) is 0 Å². The van der Waals surface area contributed by atoms with E-state index in [1.807, 2.05) is 18.2 Å². The Hall–Kier alpha value is -2.40. The second-order valence-corrected chi connectivity index (χ2v) is 4.96. The van der Waals surface area contributed by atoms with Crippen LogP contribution in [0.3, 0.4) is 0 Å². The van der Waals surface area contributed by atoms with Gasteiger partial charge in [-0.3, -0.25) is 0 Å². The third kappa shape index (κ3) is 1.75. The molecule has 2 heterocycles. The number of furan rings is 1. The first-order chi connectivity index (χ1) is 9.31. The van der Waals surface area contributed by atoms with E-state index in [2.05, 4.69) is 47.6 Å². The number of rotatable bonds is 3. The quantitative estimate of drug-likeness (QED) is 0.643. The van der Waals surface area contributed by atoms with Gasteiger partial charge in [0.15, 0.2) is 5.76 Å². The fraction of sp³-hybridized carbons (Fsp3) is 0.176. The highest BCUT2D eigenvalue weighted by Crippen LogP contribution is 2.30. The van der Waals surface area contributed by atoms with Gasteiger partial charge in [0.1, 0.15) is 5.58 Å². The predicted molar refractivity (Wildman–Crippen MR) is 75.6 cm³/mol. The number of aryl methyl sites for hydroxylation is 1. The Morgan fingerprint density at radius 3 is 2.79 bits per heavy atom. The van der Waals surface area contributed by atoms with Crippen molar-refractivity contribution in [2.24, 2.45) is 5.92 Å². The molecule has 0 fully saturated rings. The Morgan fingerprint density at radius 2 is 2.00 bits per heavy atom. The van der Waals surface area contributed by atoms with Gasteiger partial charge in [-0.05, 0) is 31.2 Å². The maximum Gasteiger partial charge on any atom is 0.151 e. The summed E-state index contributed by atoms with van der Waals surface area (Å²) in [4.78, 5) is 0.